The highest BCUT2D eigenvalue weighted by Gasteiger charge is 2.06. The third kappa shape index (κ3) is 2.46. The molecule has 0 saturated heterocycles. The molecule has 0 atom stereocenters. The molecule has 0 fully saturated rings. The zero-order chi connectivity index (χ0) is 15.8. The molecule has 5 heteroatoms. The third-order valence-corrected chi connectivity index (χ3v) is 3.97. The summed E-state index contributed by atoms with van der Waals surface area (Å²) in [4.78, 5) is 15.0. The van der Waals surface area contributed by atoms with E-state index in [9.17, 15) is 4.79 Å². The van der Waals surface area contributed by atoms with E-state index in [1.807, 2.05) is 55.5 Å². The van der Waals surface area contributed by atoms with Crippen LogP contribution in [0.2, 0.25) is 0 Å². The van der Waals surface area contributed by atoms with Gasteiger partial charge in [0.05, 0.1) is 5.69 Å². The maximum Gasteiger partial charge on any atom is 0.253 e. The van der Waals surface area contributed by atoms with Gasteiger partial charge in [0.1, 0.15) is 0 Å². The molecule has 0 bridgehead atoms. The quantitative estimate of drug-likeness (QED) is 0.607. The standard InChI is InChI=1S/C18H15N3O2/c1-11-15-7-6-14(9-17(15)23-21-11)19-10-13-8-12-4-2-3-5-16(12)20-18(13)22/h2-9,19H,10H2,1H3,(H,20,22). The van der Waals surface area contributed by atoms with E-state index in [-0.39, 0.29) is 5.56 Å². The predicted octanol–water partition coefficient (Wildman–Crippen LogP) is 3.59. The lowest BCUT2D eigenvalue weighted by atomic mass is 10.1. The zero-order valence-electron chi connectivity index (χ0n) is 12.6. The third-order valence-electron chi connectivity index (χ3n) is 3.97. The van der Waals surface area contributed by atoms with Crippen LogP contribution in [0, 0.1) is 6.92 Å². The van der Waals surface area contributed by atoms with Gasteiger partial charge in [0.2, 0.25) is 0 Å². The fourth-order valence-corrected chi connectivity index (χ4v) is 2.69. The number of nitrogens with zero attached hydrogens (tertiary/aromatic N) is 1. The van der Waals surface area contributed by atoms with Crippen molar-refractivity contribution in [2.24, 2.45) is 0 Å². The number of hydrogen-bond donors (Lipinski definition) is 2. The molecule has 5 nitrogen and oxygen atoms in total. The molecule has 2 heterocycles. The molecule has 2 N–H and O–H groups in total. The minimum Gasteiger partial charge on any atom is -0.381 e. The smallest absolute Gasteiger partial charge is 0.253 e. The van der Waals surface area contributed by atoms with Crippen LogP contribution in [0.4, 0.5) is 5.69 Å². The van der Waals surface area contributed by atoms with Crippen molar-refractivity contribution in [2.75, 3.05) is 5.32 Å². The number of aromatic amines is 1. The number of pyridine rings is 1. The van der Waals surface area contributed by atoms with Gasteiger partial charge < -0.3 is 14.8 Å². The number of benzene rings is 2. The molecular formula is C18H15N3O2. The van der Waals surface area contributed by atoms with E-state index in [4.69, 9.17) is 4.52 Å². The van der Waals surface area contributed by atoms with E-state index < -0.39 is 0 Å². The van der Waals surface area contributed by atoms with Crippen LogP contribution in [-0.4, -0.2) is 10.1 Å². The van der Waals surface area contributed by atoms with E-state index in [0.717, 1.165) is 33.3 Å². The predicted molar refractivity (Wildman–Crippen MR) is 90.6 cm³/mol. The molecule has 114 valence electrons. The van der Waals surface area contributed by atoms with Gasteiger partial charge in [-0.15, -0.1) is 0 Å². The van der Waals surface area contributed by atoms with Gasteiger partial charge in [0.25, 0.3) is 5.56 Å². The normalized spacial score (nSPS) is 11.2. The Kier molecular flexibility index (Phi) is 3.12. The second-order valence-corrected chi connectivity index (χ2v) is 5.54. The van der Waals surface area contributed by atoms with Crippen molar-refractivity contribution in [1.82, 2.24) is 10.1 Å². The Hall–Kier alpha value is -3.08. The van der Waals surface area contributed by atoms with Crippen molar-refractivity contribution in [3.05, 3.63) is 70.1 Å². The molecular weight excluding hydrogens is 290 g/mol. The van der Waals surface area contributed by atoms with Crippen LogP contribution in [0.25, 0.3) is 21.9 Å². The number of nitrogens with one attached hydrogen (secondary N) is 2. The summed E-state index contributed by atoms with van der Waals surface area (Å²) in [5.41, 5.74) is 3.96. The summed E-state index contributed by atoms with van der Waals surface area (Å²) in [5.74, 6) is 0. The summed E-state index contributed by atoms with van der Waals surface area (Å²) >= 11 is 0. The molecule has 0 radical (unpaired) electrons. The maximum absolute atomic E-state index is 12.1. The highest BCUT2D eigenvalue weighted by atomic mass is 16.5. The lowest BCUT2D eigenvalue weighted by Crippen LogP contribution is -2.15. The fourth-order valence-electron chi connectivity index (χ4n) is 2.69. The Morgan fingerprint density at radius 3 is 2.96 bits per heavy atom. The van der Waals surface area contributed by atoms with Gasteiger partial charge in [-0.1, -0.05) is 23.4 Å². The number of anilines is 1. The van der Waals surface area contributed by atoms with Crippen LogP contribution in [0.15, 0.2) is 57.8 Å². The van der Waals surface area contributed by atoms with Crippen LogP contribution in [0.1, 0.15) is 11.3 Å². The number of aryl methyl sites for hydroxylation is 1. The van der Waals surface area contributed by atoms with Crippen molar-refractivity contribution >= 4 is 27.6 Å². The number of H-pyrrole nitrogens is 1. The van der Waals surface area contributed by atoms with Gasteiger partial charge in [0, 0.05) is 34.8 Å². The van der Waals surface area contributed by atoms with Gasteiger partial charge in [-0.05, 0) is 36.6 Å². The summed E-state index contributed by atoms with van der Waals surface area (Å²) < 4.78 is 5.26. The van der Waals surface area contributed by atoms with E-state index in [0.29, 0.717) is 12.1 Å². The van der Waals surface area contributed by atoms with Crippen LogP contribution in [-0.2, 0) is 6.54 Å². The first kappa shape index (κ1) is 13.6. The second kappa shape index (κ2) is 5.28. The second-order valence-electron chi connectivity index (χ2n) is 5.54. The molecule has 23 heavy (non-hydrogen) atoms. The number of fused-ring (bicyclic) bond motifs is 2. The van der Waals surface area contributed by atoms with Gasteiger partial charge in [0.15, 0.2) is 5.58 Å². The van der Waals surface area contributed by atoms with Crippen molar-refractivity contribution in [1.29, 1.82) is 0 Å². The molecule has 0 unspecified atom stereocenters. The maximum atomic E-state index is 12.1. The van der Waals surface area contributed by atoms with Gasteiger partial charge in [-0.25, -0.2) is 0 Å². The molecule has 4 rings (SSSR count). The summed E-state index contributed by atoms with van der Waals surface area (Å²) in [6.07, 6.45) is 0. The molecule has 0 aliphatic rings. The Morgan fingerprint density at radius 2 is 2.04 bits per heavy atom. The van der Waals surface area contributed by atoms with E-state index in [2.05, 4.69) is 15.5 Å². The summed E-state index contributed by atoms with van der Waals surface area (Å²) in [6, 6.07) is 15.5. The number of hydrogen-bond acceptors (Lipinski definition) is 4. The molecule has 2 aromatic heterocycles. The molecule has 0 amide bonds. The van der Waals surface area contributed by atoms with Crippen LogP contribution >= 0.6 is 0 Å². The zero-order valence-corrected chi connectivity index (χ0v) is 12.6. The molecule has 0 spiro atoms. The van der Waals surface area contributed by atoms with E-state index in [1.165, 1.54) is 0 Å². The minimum atomic E-state index is -0.0761. The summed E-state index contributed by atoms with van der Waals surface area (Å²) in [7, 11) is 0. The molecule has 0 saturated carbocycles. The van der Waals surface area contributed by atoms with Crippen molar-refractivity contribution in [3.63, 3.8) is 0 Å². The van der Waals surface area contributed by atoms with Crippen LogP contribution in [0.5, 0.6) is 0 Å². The monoisotopic (exact) mass is 305 g/mol. The highest BCUT2D eigenvalue weighted by Crippen LogP contribution is 2.22. The fraction of sp³-hybridized carbons (Fsp3) is 0.111. The first-order valence-corrected chi connectivity index (χ1v) is 7.41. The topological polar surface area (TPSA) is 70.9 Å². The van der Waals surface area contributed by atoms with E-state index >= 15 is 0 Å². The Balaban J connectivity index is 1.62. The number of rotatable bonds is 3. The minimum absolute atomic E-state index is 0.0761. The molecule has 0 aliphatic heterocycles. The first-order valence-electron chi connectivity index (χ1n) is 7.41. The summed E-state index contributed by atoms with van der Waals surface area (Å²) in [5, 5.41) is 9.22. The van der Waals surface area contributed by atoms with Crippen molar-refractivity contribution < 1.29 is 4.52 Å². The van der Waals surface area contributed by atoms with Crippen LogP contribution in [0.3, 0.4) is 0 Å². The summed E-state index contributed by atoms with van der Waals surface area (Å²) in [6.45, 7) is 2.35. The van der Waals surface area contributed by atoms with Crippen molar-refractivity contribution in [2.45, 2.75) is 13.5 Å². The average Bonchev–Trinajstić information content (AvgIpc) is 2.93. The highest BCUT2D eigenvalue weighted by molar-refractivity contribution is 5.82. The molecule has 2 aromatic carbocycles. The molecule has 4 aromatic rings. The largest absolute Gasteiger partial charge is 0.381 e. The van der Waals surface area contributed by atoms with Gasteiger partial charge in [-0.3, -0.25) is 4.79 Å². The van der Waals surface area contributed by atoms with Gasteiger partial charge >= 0.3 is 0 Å². The van der Waals surface area contributed by atoms with Gasteiger partial charge in [-0.2, -0.15) is 0 Å². The number of aromatic nitrogens is 2. The lowest BCUT2D eigenvalue weighted by molar-refractivity contribution is 0.450. The Bertz CT molecular complexity index is 1060. The number of para-hydroxylation sites is 1. The Labute approximate surface area is 131 Å². The first-order chi connectivity index (χ1) is 11.2. The molecule has 0 aliphatic carbocycles. The Morgan fingerprint density at radius 1 is 1.17 bits per heavy atom. The van der Waals surface area contributed by atoms with Crippen LogP contribution < -0.4 is 10.9 Å². The SMILES string of the molecule is Cc1noc2cc(NCc3cc4ccccc4[nH]c3=O)ccc12. The van der Waals surface area contributed by atoms with E-state index in [1.54, 1.807) is 0 Å². The van der Waals surface area contributed by atoms with Crippen molar-refractivity contribution in [3.8, 4) is 0 Å². The lowest BCUT2D eigenvalue weighted by Gasteiger charge is -2.07. The average molecular weight is 305 g/mol.